The van der Waals surface area contributed by atoms with Crippen molar-refractivity contribution in [3.05, 3.63) is 93.5 Å². The molecule has 0 aliphatic rings. The van der Waals surface area contributed by atoms with Crippen LogP contribution in [0.2, 0.25) is 0 Å². The largest absolute Gasteiger partial charge is 0.490 e. The summed E-state index contributed by atoms with van der Waals surface area (Å²) in [6.07, 6.45) is 0. The fourth-order valence-electron chi connectivity index (χ4n) is 3.42. The van der Waals surface area contributed by atoms with Gasteiger partial charge in [0.25, 0.3) is 17.7 Å². The number of rotatable bonds is 8. The normalized spacial score (nSPS) is 10.8. The van der Waals surface area contributed by atoms with Crippen LogP contribution in [0.3, 0.4) is 0 Å². The van der Waals surface area contributed by atoms with Crippen LogP contribution < -0.4 is 26.2 Å². The zero-order valence-corrected chi connectivity index (χ0v) is 25.0. The molecule has 3 aromatic carbocycles. The summed E-state index contributed by atoms with van der Waals surface area (Å²) in [7, 11) is 1.58. The van der Waals surface area contributed by atoms with Crippen molar-refractivity contribution in [2.75, 3.05) is 25.6 Å². The molecule has 0 aliphatic carbocycles. The molecule has 0 bridgehead atoms. The summed E-state index contributed by atoms with van der Waals surface area (Å²) < 4.78 is 11.1. The Labute approximate surface area is 247 Å². The Balaban J connectivity index is 1.48. The minimum atomic E-state index is -0.479. The summed E-state index contributed by atoms with van der Waals surface area (Å²) in [6.45, 7) is 7.14. The van der Waals surface area contributed by atoms with Crippen molar-refractivity contribution in [2.45, 2.75) is 26.2 Å². The number of hydrazine groups is 1. The van der Waals surface area contributed by atoms with Gasteiger partial charge >= 0.3 is 0 Å². The van der Waals surface area contributed by atoms with E-state index >= 15 is 0 Å². The van der Waals surface area contributed by atoms with E-state index < -0.39 is 11.8 Å². The summed E-state index contributed by atoms with van der Waals surface area (Å²) in [6, 6.07) is 18.7. The molecule has 0 unspecified atom stereocenters. The second-order valence-electron chi connectivity index (χ2n) is 9.71. The van der Waals surface area contributed by atoms with E-state index in [4.69, 9.17) is 21.7 Å². The minimum Gasteiger partial charge on any atom is -0.490 e. The molecule has 3 aromatic rings. The summed E-state index contributed by atoms with van der Waals surface area (Å²) in [5.74, 6) is -0.626. The molecule has 0 atom stereocenters. The summed E-state index contributed by atoms with van der Waals surface area (Å²) in [5, 5.41) is 5.23. The Kier molecular flexibility index (Phi) is 10.8. The lowest BCUT2D eigenvalue weighted by molar-refractivity contribution is 0.0934. The van der Waals surface area contributed by atoms with Crippen molar-refractivity contribution in [1.29, 1.82) is 0 Å². The highest BCUT2D eigenvalue weighted by Gasteiger charge is 2.15. The van der Waals surface area contributed by atoms with Gasteiger partial charge in [0.05, 0.1) is 11.1 Å². The first-order valence-electron chi connectivity index (χ1n) is 12.3. The maximum atomic E-state index is 12.6. The number of benzene rings is 3. The molecule has 3 amide bonds. The maximum Gasteiger partial charge on any atom is 0.269 e. The number of nitrogens with one attached hydrogen (secondary N) is 4. The van der Waals surface area contributed by atoms with E-state index in [9.17, 15) is 14.4 Å². The van der Waals surface area contributed by atoms with E-state index in [1.165, 1.54) is 0 Å². The van der Waals surface area contributed by atoms with Crippen LogP contribution in [0.5, 0.6) is 5.75 Å². The molecule has 0 aliphatic heterocycles. The van der Waals surface area contributed by atoms with Crippen LogP contribution in [0.1, 0.15) is 57.4 Å². The van der Waals surface area contributed by atoms with Crippen molar-refractivity contribution < 1.29 is 23.9 Å². The van der Waals surface area contributed by atoms with Crippen LogP contribution >= 0.6 is 28.1 Å². The molecule has 3 rings (SSSR count). The predicted octanol–water partition coefficient (Wildman–Crippen LogP) is 4.97. The van der Waals surface area contributed by atoms with Gasteiger partial charge in [-0.2, -0.15) is 0 Å². The number of hydrogen-bond acceptors (Lipinski definition) is 6. The van der Waals surface area contributed by atoms with Crippen LogP contribution in [0, 0.1) is 0 Å². The molecule has 40 heavy (non-hydrogen) atoms. The van der Waals surface area contributed by atoms with Crippen LogP contribution in [0.25, 0.3) is 0 Å². The van der Waals surface area contributed by atoms with Crippen LogP contribution in [0.4, 0.5) is 5.69 Å². The van der Waals surface area contributed by atoms with Crippen LogP contribution in [0.15, 0.2) is 71.2 Å². The third-order valence-electron chi connectivity index (χ3n) is 5.67. The number of methoxy groups -OCH3 is 1. The van der Waals surface area contributed by atoms with Crippen molar-refractivity contribution in [1.82, 2.24) is 16.2 Å². The number of anilines is 1. The fraction of sp³-hybridized carbons (Fsp3) is 0.241. The number of amides is 3. The Bertz CT molecular complexity index is 1370. The zero-order chi connectivity index (χ0) is 29.3. The molecule has 9 nitrogen and oxygen atoms in total. The summed E-state index contributed by atoms with van der Waals surface area (Å²) in [5.41, 5.74) is 7.81. The number of halogens is 1. The Morgan fingerprint density at radius 2 is 1.40 bits per heavy atom. The molecule has 210 valence electrons. The minimum absolute atomic E-state index is 0.000677. The highest BCUT2D eigenvalue weighted by atomic mass is 79.9. The smallest absolute Gasteiger partial charge is 0.269 e. The molecule has 0 radical (unpaired) electrons. The highest BCUT2D eigenvalue weighted by molar-refractivity contribution is 9.10. The van der Waals surface area contributed by atoms with E-state index in [0.29, 0.717) is 45.8 Å². The number of carbonyl (C=O) groups excluding carboxylic acids is 3. The van der Waals surface area contributed by atoms with Gasteiger partial charge in [-0.3, -0.25) is 30.6 Å². The lowest BCUT2D eigenvalue weighted by Gasteiger charge is -2.19. The predicted molar refractivity (Wildman–Crippen MR) is 162 cm³/mol. The molecule has 0 heterocycles. The quantitative estimate of drug-likeness (QED) is 0.158. The number of thiocarbonyl (C=S) groups is 1. The first kappa shape index (κ1) is 30.7. The lowest BCUT2D eigenvalue weighted by atomic mass is 9.87. The molecule has 4 N–H and O–H groups in total. The number of carbonyl (C=O) groups is 3. The molecular formula is C29H31BrN4O5S. The average molecular weight is 628 g/mol. The van der Waals surface area contributed by atoms with Gasteiger partial charge in [0, 0.05) is 29.5 Å². The van der Waals surface area contributed by atoms with Gasteiger partial charge in [0.15, 0.2) is 5.11 Å². The van der Waals surface area contributed by atoms with Gasteiger partial charge < -0.3 is 14.8 Å². The first-order chi connectivity index (χ1) is 19.0. The van der Waals surface area contributed by atoms with Gasteiger partial charge in [-0.25, -0.2) is 0 Å². The van der Waals surface area contributed by atoms with Gasteiger partial charge in [0.1, 0.15) is 12.4 Å². The van der Waals surface area contributed by atoms with E-state index in [2.05, 4.69) is 58.2 Å². The molecule has 11 heteroatoms. The average Bonchev–Trinajstić information content (AvgIpc) is 2.92. The SMILES string of the molecule is COCCOc1ccc(C(=O)NC(=S)NNC(=O)c2ccc(NC(=O)c3ccc(C(C)(C)C)cc3)cc2)cc1Br. The number of hydrogen-bond donors (Lipinski definition) is 4. The fourth-order valence-corrected chi connectivity index (χ4v) is 4.05. The lowest BCUT2D eigenvalue weighted by Crippen LogP contribution is -2.48. The first-order valence-corrected chi connectivity index (χ1v) is 13.5. The van der Waals surface area contributed by atoms with Crippen molar-refractivity contribution in [2.24, 2.45) is 0 Å². The molecule has 0 aromatic heterocycles. The monoisotopic (exact) mass is 626 g/mol. The van der Waals surface area contributed by atoms with Crippen LogP contribution in [-0.4, -0.2) is 43.2 Å². The third kappa shape index (κ3) is 8.87. The highest BCUT2D eigenvalue weighted by Crippen LogP contribution is 2.26. The molecular weight excluding hydrogens is 596 g/mol. The zero-order valence-electron chi connectivity index (χ0n) is 22.6. The number of ether oxygens (including phenoxy) is 2. The topological polar surface area (TPSA) is 118 Å². The van der Waals surface area contributed by atoms with Crippen LogP contribution in [-0.2, 0) is 10.2 Å². The second kappa shape index (κ2) is 14.0. The standard InChI is InChI=1S/C29H31BrN4O5S/c1-29(2,3)21-10-5-18(6-11-21)25(35)31-22-12-7-19(8-13-22)27(37)33-34-28(40)32-26(36)20-9-14-24(23(30)17-20)39-16-15-38-4/h5-14,17H,15-16H2,1-4H3,(H,31,35)(H,33,37)(H2,32,34,36,40). The Morgan fingerprint density at radius 3 is 2.00 bits per heavy atom. The molecule has 0 fully saturated rings. The van der Waals surface area contributed by atoms with E-state index in [0.717, 1.165) is 5.56 Å². The molecule has 0 saturated carbocycles. The van der Waals surface area contributed by atoms with Crippen molar-refractivity contribution in [3.63, 3.8) is 0 Å². The third-order valence-corrected chi connectivity index (χ3v) is 6.50. The van der Waals surface area contributed by atoms with Gasteiger partial charge in [-0.15, -0.1) is 0 Å². The maximum absolute atomic E-state index is 12.6. The molecule has 0 spiro atoms. The summed E-state index contributed by atoms with van der Waals surface area (Å²) in [4.78, 5) is 37.6. The van der Waals surface area contributed by atoms with E-state index in [1.807, 2.05) is 12.1 Å². The Morgan fingerprint density at radius 1 is 0.800 bits per heavy atom. The molecule has 0 saturated heterocycles. The van der Waals surface area contributed by atoms with E-state index in [-0.39, 0.29) is 16.4 Å². The van der Waals surface area contributed by atoms with Gasteiger partial charge in [0.2, 0.25) is 0 Å². The van der Waals surface area contributed by atoms with Gasteiger partial charge in [-0.05, 0) is 93.7 Å². The summed E-state index contributed by atoms with van der Waals surface area (Å²) >= 11 is 8.49. The van der Waals surface area contributed by atoms with Crippen molar-refractivity contribution >= 4 is 56.7 Å². The van der Waals surface area contributed by atoms with Crippen molar-refractivity contribution in [3.8, 4) is 5.75 Å². The second-order valence-corrected chi connectivity index (χ2v) is 11.0. The van der Waals surface area contributed by atoms with Gasteiger partial charge in [-0.1, -0.05) is 32.9 Å². The van der Waals surface area contributed by atoms with E-state index in [1.54, 1.807) is 61.7 Å². The Hall–Kier alpha value is -3.80.